The first kappa shape index (κ1) is 18.8. The number of anilines is 1. The minimum Gasteiger partial charge on any atom is -0.349 e. The normalized spacial score (nSPS) is 15.2. The van der Waals surface area contributed by atoms with E-state index >= 15 is 0 Å². The zero-order valence-corrected chi connectivity index (χ0v) is 15.5. The van der Waals surface area contributed by atoms with Gasteiger partial charge in [-0.25, -0.2) is 0 Å². The van der Waals surface area contributed by atoms with Gasteiger partial charge in [0.2, 0.25) is 11.8 Å². The zero-order valence-electron chi connectivity index (χ0n) is 14.7. The Kier molecular flexibility index (Phi) is 7.12. The number of nitrogens with zero attached hydrogens (tertiary/aromatic N) is 1. The van der Waals surface area contributed by atoms with Crippen molar-refractivity contribution in [1.29, 1.82) is 0 Å². The van der Waals surface area contributed by atoms with Crippen molar-refractivity contribution >= 4 is 29.3 Å². The van der Waals surface area contributed by atoms with Crippen LogP contribution in [-0.4, -0.2) is 48.9 Å². The second-order valence-corrected chi connectivity index (χ2v) is 7.64. The van der Waals surface area contributed by atoms with E-state index in [2.05, 4.69) is 15.5 Å². The molecule has 1 aliphatic rings. The van der Waals surface area contributed by atoms with E-state index in [0.717, 1.165) is 36.4 Å². The summed E-state index contributed by atoms with van der Waals surface area (Å²) in [5.74, 6) is 1.79. The van der Waals surface area contributed by atoms with Crippen LogP contribution in [0.25, 0.3) is 0 Å². The average Bonchev–Trinajstić information content (AvgIpc) is 3.37. The van der Waals surface area contributed by atoms with Gasteiger partial charge < -0.3 is 15.5 Å². The summed E-state index contributed by atoms with van der Waals surface area (Å²) in [6, 6.07) is 7.65. The van der Waals surface area contributed by atoms with Gasteiger partial charge in [-0.15, -0.1) is 0 Å². The number of benzene rings is 1. The number of hydrogen-bond donors (Lipinski definition) is 2. The highest BCUT2D eigenvalue weighted by atomic mass is 32.2. The number of carbonyl (C=O) groups is 2. The maximum absolute atomic E-state index is 12.0. The highest BCUT2D eigenvalue weighted by Gasteiger charge is 2.29. The smallest absolute Gasteiger partial charge is 0.230 e. The lowest BCUT2D eigenvalue weighted by atomic mass is 10.1. The van der Waals surface area contributed by atoms with E-state index in [1.165, 1.54) is 0 Å². The van der Waals surface area contributed by atoms with Crippen molar-refractivity contribution in [2.75, 3.05) is 37.5 Å². The fourth-order valence-electron chi connectivity index (χ4n) is 2.22. The molecule has 6 heteroatoms. The van der Waals surface area contributed by atoms with Crippen LogP contribution in [0.3, 0.4) is 0 Å². The molecule has 1 saturated carbocycles. The Bertz CT molecular complexity index is 556. The molecule has 1 atom stereocenters. The van der Waals surface area contributed by atoms with Crippen LogP contribution >= 0.6 is 11.8 Å². The van der Waals surface area contributed by atoms with Crippen LogP contribution in [0, 0.1) is 5.92 Å². The van der Waals surface area contributed by atoms with Crippen molar-refractivity contribution in [3.05, 3.63) is 29.8 Å². The van der Waals surface area contributed by atoms with E-state index < -0.39 is 0 Å². The lowest BCUT2D eigenvalue weighted by Gasteiger charge is -2.15. The Hall–Kier alpha value is -1.53. The van der Waals surface area contributed by atoms with Crippen LogP contribution in [0.2, 0.25) is 0 Å². The molecule has 0 radical (unpaired) electrons. The molecule has 2 amide bonds. The van der Waals surface area contributed by atoms with Gasteiger partial charge in [0.15, 0.2) is 0 Å². The van der Waals surface area contributed by atoms with E-state index in [0.29, 0.717) is 5.75 Å². The van der Waals surface area contributed by atoms with Crippen LogP contribution in [0.1, 0.15) is 31.4 Å². The molecule has 2 N–H and O–H groups in total. The van der Waals surface area contributed by atoms with Gasteiger partial charge in [0.1, 0.15) is 0 Å². The van der Waals surface area contributed by atoms with E-state index in [1.807, 2.05) is 45.3 Å². The van der Waals surface area contributed by atoms with Gasteiger partial charge >= 0.3 is 0 Å². The van der Waals surface area contributed by atoms with Crippen molar-refractivity contribution < 1.29 is 9.59 Å². The molecule has 1 aromatic carbocycles. The summed E-state index contributed by atoms with van der Waals surface area (Å²) in [5.41, 5.74) is 1.85. The lowest BCUT2D eigenvalue weighted by Crippen LogP contribution is -2.28. The van der Waals surface area contributed by atoms with Crippen molar-refractivity contribution in [2.45, 2.75) is 25.8 Å². The first-order chi connectivity index (χ1) is 11.5. The van der Waals surface area contributed by atoms with Crippen molar-refractivity contribution in [3.8, 4) is 0 Å². The summed E-state index contributed by atoms with van der Waals surface area (Å²) in [4.78, 5) is 25.8. The number of thioether (sulfide) groups is 1. The van der Waals surface area contributed by atoms with Crippen LogP contribution in [0.15, 0.2) is 24.3 Å². The molecule has 2 rings (SSSR count). The van der Waals surface area contributed by atoms with Crippen LogP contribution in [-0.2, 0) is 9.59 Å². The number of amides is 2. The first-order valence-corrected chi connectivity index (χ1v) is 9.54. The minimum absolute atomic E-state index is 0.0415. The van der Waals surface area contributed by atoms with Crippen molar-refractivity contribution in [3.63, 3.8) is 0 Å². The molecule has 0 spiro atoms. The number of hydrogen-bond acceptors (Lipinski definition) is 4. The summed E-state index contributed by atoms with van der Waals surface area (Å²) < 4.78 is 0. The van der Waals surface area contributed by atoms with E-state index in [9.17, 15) is 9.59 Å². The molecule has 5 nitrogen and oxygen atoms in total. The van der Waals surface area contributed by atoms with Crippen LogP contribution < -0.4 is 10.6 Å². The van der Waals surface area contributed by atoms with Gasteiger partial charge in [0.05, 0.1) is 11.8 Å². The summed E-state index contributed by atoms with van der Waals surface area (Å²) >= 11 is 1.64. The van der Waals surface area contributed by atoms with Gasteiger partial charge in [0.25, 0.3) is 0 Å². The number of rotatable bonds is 9. The molecule has 0 aromatic heterocycles. The van der Waals surface area contributed by atoms with Gasteiger partial charge in [-0.1, -0.05) is 12.1 Å². The molecule has 1 aromatic rings. The molecule has 0 saturated heterocycles. The molecule has 1 aliphatic carbocycles. The summed E-state index contributed by atoms with van der Waals surface area (Å²) in [6.07, 6.45) is 2.00. The first-order valence-electron chi connectivity index (χ1n) is 8.38. The quantitative estimate of drug-likeness (QED) is 0.673. The minimum atomic E-state index is -0.0415. The van der Waals surface area contributed by atoms with Gasteiger partial charge in [-0.05, 0) is 51.6 Å². The third kappa shape index (κ3) is 6.53. The number of nitrogens with one attached hydrogen (secondary N) is 2. The second-order valence-electron chi connectivity index (χ2n) is 6.53. The largest absolute Gasteiger partial charge is 0.349 e. The predicted molar refractivity (Wildman–Crippen MR) is 100 cm³/mol. The van der Waals surface area contributed by atoms with Crippen molar-refractivity contribution in [2.24, 2.45) is 5.92 Å². The maximum Gasteiger partial charge on any atom is 0.230 e. The highest BCUT2D eigenvalue weighted by Crippen LogP contribution is 2.30. The Balaban J connectivity index is 1.73. The van der Waals surface area contributed by atoms with Crippen LogP contribution in [0.5, 0.6) is 0 Å². The predicted octanol–water partition coefficient (Wildman–Crippen LogP) is 2.51. The van der Waals surface area contributed by atoms with E-state index in [4.69, 9.17) is 0 Å². The molecule has 0 heterocycles. The van der Waals surface area contributed by atoms with Crippen molar-refractivity contribution in [1.82, 2.24) is 10.2 Å². The van der Waals surface area contributed by atoms with Crippen LogP contribution in [0.4, 0.5) is 5.69 Å². The molecule has 132 valence electrons. The highest BCUT2D eigenvalue weighted by molar-refractivity contribution is 7.99. The fourth-order valence-corrected chi connectivity index (χ4v) is 3.13. The Labute approximate surface area is 148 Å². The summed E-state index contributed by atoms with van der Waals surface area (Å²) in [6.45, 7) is 2.95. The Morgan fingerprint density at radius 2 is 1.92 bits per heavy atom. The standard InChI is InChI=1S/C18H27N3O2S/c1-13(19-17(22)12-24-11-10-21(2)3)14-6-8-16(9-7-14)20-18(23)15-4-5-15/h6-9,13,15H,4-5,10-12H2,1-3H3,(H,19,22)(H,20,23)/t13-/m1/s1. The van der Waals surface area contributed by atoms with Gasteiger partial charge in [0, 0.05) is 23.9 Å². The molecule has 0 unspecified atom stereocenters. The van der Waals surface area contributed by atoms with E-state index in [1.54, 1.807) is 11.8 Å². The molecule has 24 heavy (non-hydrogen) atoms. The molecular formula is C18H27N3O2S. The topological polar surface area (TPSA) is 61.4 Å². The molecular weight excluding hydrogens is 322 g/mol. The molecule has 0 aliphatic heterocycles. The number of carbonyl (C=O) groups excluding carboxylic acids is 2. The average molecular weight is 350 g/mol. The third-order valence-corrected chi connectivity index (χ3v) is 4.86. The summed E-state index contributed by atoms with van der Waals surface area (Å²) in [7, 11) is 4.05. The van der Waals surface area contributed by atoms with E-state index in [-0.39, 0.29) is 23.8 Å². The Morgan fingerprint density at radius 1 is 1.25 bits per heavy atom. The van der Waals surface area contributed by atoms with Gasteiger partial charge in [-0.2, -0.15) is 11.8 Å². The van der Waals surface area contributed by atoms with Gasteiger partial charge in [-0.3, -0.25) is 9.59 Å². The SMILES string of the molecule is C[C@@H](NC(=O)CSCCN(C)C)c1ccc(NC(=O)C2CC2)cc1. The monoisotopic (exact) mass is 349 g/mol. The summed E-state index contributed by atoms with van der Waals surface area (Å²) in [5, 5.41) is 5.93. The lowest BCUT2D eigenvalue weighted by molar-refractivity contribution is -0.119. The molecule has 0 bridgehead atoms. The third-order valence-electron chi connectivity index (χ3n) is 3.92. The zero-order chi connectivity index (χ0) is 17.5. The second kappa shape index (κ2) is 9.08. The molecule has 1 fully saturated rings. The Morgan fingerprint density at radius 3 is 2.50 bits per heavy atom. The maximum atomic E-state index is 12.0. The fraction of sp³-hybridized carbons (Fsp3) is 0.556.